The quantitative estimate of drug-likeness (QED) is 0.298. The second-order valence-corrected chi connectivity index (χ2v) is 15.7. The van der Waals surface area contributed by atoms with Gasteiger partial charge in [0.25, 0.3) is 0 Å². The zero-order valence-electron chi connectivity index (χ0n) is 25.0. The fraction of sp³-hybridized carbons (Fsp3) is 0.833. The number of hydrogen-bond donors (Lipinski definition) is 4. The molecule has 7 fully saturated rings. The van der Waals surface area contributed by atoms with Crippen LogP contribution in [0.5, 0.6) is 0 Å². The molecule has 0 spiro atoms. The van der Waals surface area contributed by atoms with Crippen molar-refractivity contribution >= 4 is 0 Å². The van der Waals surface area contributed by atoms with Gasteiger partial charge in [0.05, 0.1) is 18.8 Å². The molecule has 2 unspecified atom stereocenters. The predicted octanol–water partition coefficient (Wildman–Crippen LogP) is 6.18. The Hall–Kier alpha value is -1.12. The summed E-state index contributed by atoms with van der Waals surface area (Å²) < 4.78 is 0. The van der Waals surface area contributed by atoms with Gasteiger partial charge in [-0.15, -0.1) is 5.92 Å². The Morgan fingerprint density at radius 1 is 0.975 bits per heavy atom. The smallest absolute Gasteiger partial charge is 0.115 e. The number of fused-ring (bicyclic) bond motifs is 1. The van der Waals surface area contributed by atoms with Crippen LogP contribution >= 0.6 is 0 Å². The van der Waals surface area contributed by atoms with Crippen molar-refractivity contribution in [2.75, 3.05) is 6.61 Å². The van der Waals surface area contributed by atoms with Crippen molar-refractivity contribution in [2.45, 2.75) is 128 Å². The molecule has 0 radical (unpaired) electrons. The van der Waals surface area contributed by atoms with Crippen molar-refractivity contribution in [2.24, 2.45) is 52.3 Å². The van der Waals surface area contributed by atoms with Gasteiger partial charge in [-0.1, -0.05) is 43.1 Å². The molecule has 4 bridgehead atoms. The van der Waals surface area contributed by atoms with Crippen LogP contribution in [0.2, 0.25) is 0 Å². The summed E-state index contributed by atoms with van der Waals surface area (Å²) in [6, 6.07) is 0. The fourth-order valence-corrected chi connectivity index (χ4v) is 11.5. The molecule has 0 amide bonds. The summed E-state index contributed by atoms with van der Waals surface area (Å²) in [7, 11) is 0. The zero-order chi connectivity index (χ0) is 28.1. The lowest BCUT2D eigenvalue weighted by Gasteiger charge is -2.57. The van der Waals surface area contributed by atoms with E-state index in [1.54, 1.807) is 5.57 Å². The van der Waals surface area contributed by atoms with Crippen molar-refractivity contribution in [1.82, 2.24) is 0 Å². The molecule has 0 aliphatic heterocycles. The second-order valence-electron chi connectivity index (χ2n) is 15.7. The minimum absolute atomic E-state index is 0.165. The van der Waals surface area contributed by atoms with E-state index in [2.05, 4.69) is 37.8 Å². The molecule has 40 heavy (non-hydrogen) atoms. The van der Waals surface area contributed by atoms with Gasteiger partial charge in [0, 0.05) is 12.3 Å². The summed E-state index contributed by atoms with van der Waals surface area (Å²) in [5.41, 5.74) is 3.32. The molecule has 0 aromatic carbocycles. The van der Waals surface area contributed by atoms with Crippen LogP contribution in [0.4, 0.5) is 0 Å². The standard InChI is InChI=1S/C36H54O4/c1-23(5-3-7-29(38)21-36-18-25-13-26(19-36)15-27(14-25)20-36)31-10-11-32-28(6-4-12-35(31,32)2)9-8-24-16-33(39)30(22-37)34(40)17-24/h8-9,23,25-27,29-34,37-40H,4-6,10-22H2,1-2H3/b24-8?,28-9+/t23-,25?,26?,27?,29?,30?,31-,32?,33-,34-,35-,36?/m1/s1. The van der Waals surface area contributed by atoms with Crippen molar-refractivity contribution in [1.29, 1.82) is 0 Å². The Balaban J connectivity index is 1.06. The van der Waals surface area contributed by atoms with Gasteiger partial charge in [-0.05, 0) is 136 Å². The number of aliphatic hydroxyl groups is 4. The Morgan fingerprint density at radius 3 is 2.25 bits per heavy atom. The molecule has 7 rings (SSSR count). The van der Waals surface area contributed by atoms with Crippen LogP contribution in [0, 0.1) is 64.1 Å². The van der Waals surface area contributed by atoms with Crippen molar-refractivity contribution in [3.63, 3.8) is 0 Å². The maximum Gasteiger partial charge on any atom is 0.115 e. The lowest BCUT2D eigenvalue weighted by Crippen LogP contribution is -2.47. The molecule has 7 aliphatic carbocycles. The topological polar surface area (TPSA) is 80.9 Å². The van der Waals surface area contributed by atoms with Crippen LogP contribution in [0.25, 0.3) is 0 Å². The molecule has 7 saturated carbocycles. The summed E-state index contributed by atoms with van der Waals surface area (Å²) >= 11 is 0. The molecule has 0 aromatic heterocycles. The van der Waals surface area contributed by atoms with Crippen molar-refractivity contribution < 1.29 is 20.4 Å². The van der Waals surface area contributed by atoms with E-state index >= 15 is 0 Å². The fourth-order valence-electron chi connectivity index (χ4n) is 11.5. The predicted molar refractivity (Wildman–Crippen MR) is 159 cm³/mol. The first kappa shape index (κ1) is 29.0. The van der Waals surface area contributed by atoms with Crippen molar-refractivity contribution in [3.8, 4) is 11.8 Å². The molecule has 0 heterocycles. The summed E-state index contributed by atoms with van der Waals surface area (Å²) in [4.78, 5) is 0. The van der Waals surface area contributed by atoms with E-state index in [-0.39, 0.29) is 6.61 Å². The van der Waals surface area contributed by atoms with E-state index in [0.717, 1.165) is 42.6 Å². The summed E-state index contributed by atoms with van der Waals surface area (Å²) in [6.45, 7) is 4.74. The summed E-state index contributed by atoms with van der Waals surface area (Å²) in [6.07, 6.45) is 20.0. The number of hydrogen-bond acceptors (Lipinski definition) is 4. The first-order chi connectivity index (χ1) is 19.2. The third-order valence-electron chi connectivity index (χ3n) is 12.9. The van der Waals surface area contributed by atoms with Crippen molar-refractivity contribution in [3.05, 3.63) is 23.3 Å². The molecular formula is C36H54O4. The minimum Gasteiger partial charge on any atom is -0.396 e. The van der Waals surface area contributed by atoms with E-state index in [0.29, 0.717) is 41.4 Å². The summed E-state index contributed by atoms with van der Waals surface area (Å²) in [5.74, 6) is 10.9. The molecule has 0 aromatic rings. The first-order valence-electron chi connectivity index (χ1n) is 16.7. The van der Waals surface area contributed by atoms with Crippen LogP contribution in [0.3, 0.4) is 0 Å². The van der Waals surface area contributed by atoms with Crippen LogP contribution in [-0.4, -0.2) is 45.3 Å². The van der Waals surface area contributed by atoms with Gasteiger partial charge in [-0.3, -0.25) is 0 Å². The minimum atomic E-state index is -0.668. The van der Waals surface area contributed by atoms with E-state index in [1.807, 2.05) is 0 Å². The first-order valence-corrected chi connectivity index (χ1v) is 16.7. The van der Waals surface area contributed by atoms with Gasteiger partial charge >= 0.3 is 0 Å². The molecule has 0 saturated heterocycles. The lowest BCUT2D eigenvalue weighted by molar-refractivity contribution is -0.0696. The SMILES string of the molecule is C[C@H](CC#CC(O)CC12CC3CC(CC(C3)C1)C2)[C@H]1CCC2/C(=C/C=C3C[C@@H](O)C(CO)[C@H](O)C3)CCC[C@@]21C. The highest BCUT2D eigenvalue weighted by Crippen LogP contribution is 2.62. The second kappa shape index (κ2) is 11.5. The number of rotatable bonds is 6. The van der Waals surface area contributed by atoms with Crippen LogP contribution < -0.4 is 0 Å². The van der Waals surface area contributed by atoms with Crippen LogP contribution in [-0.2, 0) is 0 Å². The third-order valence-corrected chi connectivity index (χ3v) is 12.9. The molecule has 222 valence electrons. The molecule has 4 N–H and O–H groups in total. The van der Waals surface area contributed by atoms with Crippen LogP contribution in [0.15, 0.2) is 23.3 Å². The van der Waals surface area contributed by atoms with E-state index < -0.39 is 24.2 Å². The van der Waals surface area contributed by atoms with Gasteiger partial charge in [-0.2, -0.15) is 0 Å². The van der Waals surface area contributed by atoms with E-state index in [9.17, 15) is 20.4 Å². The third kappa shape index (κ3) is 5.62. The lowest BCUT2D eigenvalue weighted by atomic mass is 9.48. The monoisotopic (exact) mass is 550 g/mol. The largest absolute Gasteiger partial charge is 0.396 e. The van der Waals surface area contributed by atoms with Gasteiger partial charge < -0.3 is 20.4 Å². The highest BCUT2D eigenvalue weighted by molar-refractivity contribution is 5.26. The Bertz CT molecular complexity index is 997. The van der Waals surface area contributed by atoms with E-state index in [1.165, 1.54) is 64.2 Å². The molecule has 4 nitrogen and oxygen atoms in total. The highest BCUT2D eigenvalue weighted by Gasteiger charge is 2.52. The van der Waals surface area contributed by atoms with Gasteiger partial charge in [0.15, 0.2) is 0 Å². The average molecular weight is 551 g/mol. The molecular weight excluding hydrogens is 496 g/mol. The average Bonchev–Trinajstić information content (AvgIpc) is 3.23. The maximum absolute atomic E-state index is 11.0. The van der Waals surface area contributed by atoms with Gasteiger partial charge in [0.1, 0.15) is 6.10 Å². The maximum atomic E-state index is 11.0. The Labute approximate surface area is 242 Å². The number of allylic oxidation sites excluding steroid dienone is 3. The number of aliphatic hydroxyl groups excluding tert-OH is 4. The zero-order valence-corrected chi connectivity index (χ0v) is 25.0. The van der Waals surface area contributed by atoms with Gasteiger partial charge in [0.2, 0.25) is 0 Å². The Morgan fingerprint density at radius 2 is 1.62 bits per heavy atom. The van der Waals surface area contributed by atoms with E-state index in [4.69, 9.17) is 0 Å². The summed E-state index contributed by atoms with van der Waals surface area (Å²) in [5, 5.41) is 41.2. The Kier molecular flexibility index (Phi) is 8.34. The molecule has 4 heteroatoms. The van der Waals surface area contributed by atoms with Gasteiger partial charge in [-0.25, -0.2) is 0 Å². The molecule has 7 aliphatic rings. The molecule has 7 atom stereocenters. The van der Waals surface area contributed by atoms with Crippen LogP contribution in [0.1, 0.15) is 110 Å². The highest BCUT2D eigenvalue weighted by atomic mass is 16.3. The normalized spacial score (nSPS) is 46.5.